The molecule has 3 aromatic rings. The van der Waals surface area contributed by atoms with E-state index in [1.54, 1.807) is 6.20 Å². The summed E-state index contributed by atoms with van der Waals surface area (Å²) in [7, 11) is 0. The summed E-state index contributed by atoms with van der Waals surface area (Å²) in [5, 5.41) is 11.6. The number of pyridine rings is 1. The minimum atomic E-state index is -0.750. The Morgan fingerprint density at radius 3 is 2.75 bits per heavy atom. The first-order valence-corrected chi connectivity index (χ1v) is 7.75. The van der Waals surface area contributed by atoms with Gasteiger partial charge in [-0.05, 0) is 42.7 Å². The first-order valence-electron chi connectivity index (χ1n) is 7.08. The van der Waals surface area contributed by atoms with Crippen molar-refractivity contribution in [2.24, 2.45) is 5.16 Å². The van der Waals surface area contributed by atoms with E-state index in [9.17, 15) is 0 Å². The van der Waals surface area contributed by atoms with Crippen molar-refractivity contribution in [1.82, 2.24) is 9.97 Å². The Balaban J connectivity index is 0.000000647. The molecule has 3 rings (SSSR count). The molecule has 2 aromatic heterocycles. The van der Waals surface area contributed by atoms with E-state index in [2.05, 4.69) is 15.1 Å². The number of oxime groups is 1. The number of rotatable bonds is 3. The highest BCUT2D eigenvalue weighted by atomic mass is 32.1. The second-order valence-corrected chi connectivity index (χ2v) is 5.07. The molecule has 24 heavy (non-hydrogen) atoms. The van der Waals surface area contributed by atoms with Gasteiger partial charge in [-0.3, -0.25) is 4.98 Å². The Kier molecular flexibility index (Phi) is 5.91. The third kappa shape index (κ3) is 3.90. The van der Waals surface area contributed by atoms with E-state index in [0.29, 0.717) is 5.89 Å². The maximum Gasteiger partial charge on any atom is 0.335 e. The predicted molar refractivity (Wildman–Crippen MR) is 89.7 cm³/mol. The molecular weight excluding hydrogens is 330 g/mol. The monoisotopic (exact) mass is 345 g/mol. The van der Waals surface area contributed by atoms with E-state index < -0.39 is 11.6 Å². The van der Waals surface area contributed by atoms with Gasteiger partial charge in [-0.1, -0.05) is 18.1 Å². The zero-order valence-electron chi connectivity index (χ0n) is 13.1. The Bertz CT molecular complexity index is 915. The van der Waals surface area contributed by atoms with Crippen molar-refractivity contribution in [3.63, 3.8) is 0 Å². The third-order valence-electron chi connectivity index (χ3n) is 3.32. The van der Waals surface area contributed by atoms with Crippen molar-refractivity contribution >= 4 is 28.9 Å². The first kappa shape index (κ1) is 17.5. The summed E-state index contributed by atoms with van der Waals surface area (Å²) in [4.78, 5) is 8.91. The molecular formula is C16H15N3O4S. The number of hydrogen-bond acceptors (Lipinski definition) is 7. The predicted octanol–water partition coefficient (Wildman–Crippen LogP) is 2.90. The Morgan fingerprint density at radius 1 is 1.33 bits per heavy atom. The van der Waals surface area contributed by atoms with Gasteiger partial charge in [-0.25, -0.2) is 4.98 Å². The van der Waals surface area contributed by atoms with Crippen LogP contribution in [0.1, 0.15) is 23.6 Å². The van der Waals surface area contributed by atoms with Crippen LogP contribution in [0, 0.1) is 6.92 Å². The quantitative estimate of drug-likeness (QED) is 0.444. The lowest BCUT2D eigenvalue weighted by Gasteiger charge is -2.03. The number of oxazole rings is 1. The van der Waals surface area contributed by atoms with Gasteiger partial charge in [-0.2, -0.15) is 8.42 Å². The Labute approximate surface area is 141 Å². The molecule has 124 valence electrons. The van der Waals surface area contributed by atoms with Crippen LogP contribution in [-0.2, 0) is 18.0 Å². The van der Waals surface area contributed by atoms with Crippen LogP contribution in [-0.4, -0.2) is 29.8 Å². The Morgan fingerprint density at radius 2 is 2.08 bits per heavy atom. The largest absolute Gasteiger partial charge is 0.435 e. The maximum atomic E-state index is 8.60. The molecule has 7 nitrogen and oxygen atoms in total. The fourth-order valence-electron chi connectivity index (χ4n) is 2.27. The van der Waals surface area contributed by atoms with E-state index in [4.69, 9.17) is 18.0 Å². The molecule has 8 heteroatoms. The van der Waals surface area contributed by atoms with Crippen LogP contribution >= 0.6 is 0 Å². The van der Waals surface area contributed by atoms with Gasteiger partial charge >= 0.3 is 11.6 Å². The lowest BCUT2D eigenvalue weighted by molar-refractivity contribution is 0.322. The zero-order valence-corrected chi connectivity index (χ0v) is 13.9. The highest BCUT2D eigenvalue weighted by Crippen LogP contribution is 2.26. The van der Waals surface area contributed by atoms with Crippen LogP contribution in [0.2, 0.25) is 0 Å². The summed E-state index contributed by atoms with van der Waals surface area (Å²) in [6.07, 6.45) is 3.77. The molecule has 0 aliphatic rings. The molecule has 1 N–H and O–H groups in total. The van der Waals surface area contributed by atoms with Crippen LogP contribution in [0.4, 0.5) is 0 Å². The summed E-state index contributed by atoms with van der Waals surface area (Å²) in [5.74, 6) is 0.514. The van der Waals surface area contributed by atoms with Crippen molar-refractivity contribution in [2.45, 2.75) is 20.3 Å². The second kappa shape index (κ2) is 8.11. The fourth-order valence-corrected chi connectivity index (χ4v) is 2.27. The molecule has 0 saturated heterocycles. The van der Waals surface area contributed by atoms with E-state index in [1.165, 1.54) is 6.21 Å². The van der Waals surface area contributed by atoms with Gasteiger partial charge in [0.15, 0.2) is 5.58 Å². The number of nitrogens with zero attached hydrogens (tertiary/aromatic N) is 3. The first-order chi connectivity index (χ1) is 11.6. The zero-order chi connectivity index (χ0) is 17.5. The molecule has 0 radical (unpaired) electrons. The smallest absolute Gasteiger partial charge is 0.335 e. The molecule has 0 amide bonds. The summed E-state index contributed by atoms with van der Waals surface area (Å²) in [5.41, 5.74) is 5.18. The fraction of sp³-hybridized carbons (Fsp3) is 0.188. The molecule has 0 bridgehead atoms. The average molecular weight is 345 g/mol. The van der Waals surface area contributed by atoms with Gasteiger partial charge in [0.2, 0.25) is 5.89 Å². The number of benzene rings is 1. The number of hydrogen-bond donors (Lipinski definition) is 1. The highest BCUT2D eigenvalue weighted by Gasteiger charge is 2.13. The summed E-state index contributed by atoms with van der Waals surface area (Å²) < 4.78 is 22.4. The van der Waals surface area contributed by atoms with Gasteiger partial charge < -0.3 is 9.62 Å². The second-order valence-electron chi connectivity index (χ2n) is 4.93. The van der Waals surface area contributed by atoms with Gasteiger partial charge in [0.1, 0.15) is 11.2 Å². The molecule has 2 heterocycles. The van der Waals surface area contributed by atoms with E-state index >= 15 is 0 Å². The van der Waals surface area contributed by atoms with Crippen molar-refractivity contribution < 1.29 is 18.0 Å². The minimum Gasteiger partial charge on any atom is -0.435 e. The lowest BCUT2D eigenvalue weighted by atomic mass is 10.1. The SMILES string of the molecule is CCc1cc(/C=N/O)cnc1-c1nc2cc(C)ccc2o1.O=S=O. The molecule has 0 aliphatic heterocycles. The van der Waals surface area contributed by atoms with Crippen molar-refractivity contribution in [2.75, 3.05) is 0 Å². The minimum absolute atomic E-state index is 0.514. The standard InChI is InChI=1S/C16H15N3O2.O2S/c1-3-12-7-11(9-18-20)8-17-15(12)16-19-13-6-10(2)4-5-14(13)21-16;1-3-2/h4-9,20H,3H2,1-2H3;/b18-9+;. The Hall–Kier alpha value is -2.87. The van der Waals surface area contributed by atoms with Crippen LogP contribution in [0.15, 0.2) is 40.0 Å². The molecule has 1 aromatic carbocycles. The summed E-state index contributed by atoms with van der Waals surface area (Å²) in [6, 6.07) is 7.81. The average Bonchev–Trinajstić information content (AvgIpc) is 2.98. The molecule has 0 unspecified atom stereocenters. The van der Waals surface area contributed by atoms with Gasteiger partial charge in [0.25, 0.3) is 0 Å². The molecule has 0 spiro atoms. The van der Waals surface area contributed by atoms with E-state index in [1.807, 2.05) is 38.1 Å². The number of fused-ring (bicyclic) bond motifs is 1. The van der Waals surface area contributed by atoms with Crippen molar-refractivity contribution in [3.05, 3.63) is 47.2 Å². The van der Waals surface area contributed by atoms with Crippen molar-refractivity contribution in [1.29, 1.82) is 0 Å². The van der Waals surface area contributed by atoms with Crippen LogP contribution in [0.25, 0.3) is 22.7 Å². The van der Waals surface area contributed by atoms with Crippen LogP contribution in [0.5, 0.6) is 0 Å². The summed E-state index contributed by atoms with van der Waals surface area (Å²) in [6.45, 7) is 4.06. The van der Waals surface area contributed by atoms with Crippen LogP contribution in [0.3, 0.4) is 0 Å². The molecule has 0 saturated carbocycles. The molecule has 0 aliphatic carbocycles. The van der Waals surface area contributed by atoms with Crippen LogP contribution < -0.4 is 0 Å². The lowest BCUT2D eigenvalue weighted by Crippen LogP contribution is -1.95. The maximum absolute atomic E-state index is 8.60. The molecule has 0 fully saturated rings. The van der Waals surface area contributed by atoms with E-state index in [0.717, 1.165) is 39.9 Å². The molecule has 0 atom stereocenters. The normalized spacial score (nSPS) is 10.6. The van der Waals surface area contributed by atoms with Crippen molar-refractivity contribution in [3.8, 4) is 11.6 Å². The van der Waals surface area contributed by atoms with E-state index in [-0.39, 0.29) is 0 Å². The number of aromatic nitrogens is 2. The third-order valence-corrected chi connectivity index (χ3v) is 3.32. The summed E-state index contributed by atoms with van der Waals surface area (Å²) >= 11 is -0.750. The van der Waals surface area contributed by atoms with Gasteiger partial charge in [-0.15, -0.1) is 0 Å². The number of aryl methyl sites for hydroxylation is 2. The highest BCUT2D eigenvalue weighted by molar-refractivity contribution is 7.51. The van der Waals surface area contributed by atoms with Gasteiger partial charge in [0.05, 0.1) is 6.21 Å². The topological polar surface area (TPSA) is 106 Å². The van der Waals surface area contributed by atoms with Gasteiger partial charge in [0, 0.05) is 11.8 Å².